The van der Waals surface area contributed by atoms with Crippen LogP contribution in [0.5, 0.6) is 0 Å². The second kappa shape index (κ2) is 6.20. The third kappa shape index (κ3) is 4.61. The van der Waals surface area contributed by atoms with Gasteiger partial charge in [-0.15, -0.1) is 0 Å². The van der Waals surface area contributed by atoms with Gasteiger partial charge in [0.05, 0.1) is 0 Å². The van der Waals surface area contributed by atoms with E-state index in [-0.39, 0.29) is 24.8 Å². The average molecular weight is 276 g/mol. The van der Waals surface area contributed by atoms with Gasteiger partial charge in [-0.2, -0.15) is 0 Å². The third-order valence-electron chi connectivity index (χ3n) is 1.62. The summed E-state index contributed by atoms with van der Waals surface area (Å²) in [5.74, 6) is 0. The molecule has 0 aromatic rings. The molecule has 1 aliphatic rings. The second-order valence-electron chi connectivity index (χ2n) is 3.76. The van der Waals surface area contributed by atoms with Crippen LogP contribution in [0.25, 0.3) is 0 Å². The first-order valence-electron chi connectivity index (χ1n) is 3.85. The van der Waals surface area contributed by atoms with Gasteiger partial charge in [0.15, 0.2) is 0 Å². The van der Waals surface area contributed by atoms with Crippen LogP contribution in [0.2, 0.25) is 19.6 Å². The number of hydrogen-bond donors (Lipinski definition) is 0. The molecule has 13 heavy (non-hydrogen) atoms. The summed E-state index contributed by atoms with van der Waals surface area (Å²) in [6, 6.07) is 0. The Morgan fingerprint density at radius 2 is 1.85 bits per heavy atom. The molecule has 0 N–H and O–H groups in total. The SMILES string of the molecule is C[Si](C)(C)[V+2](=[O])[C]1=CC=CC1.[Cl-].[Cl-]. The Morgan fingerprint density at radius 3 is 2.15 bits per heavy atom. The van der Waals surface area contributed by atoms with E-state index in [1.165, 1.54) is 4.28 Å². The summed E-state index contributed by atoms with van der Waals surface area (Å²) in [5.41, 5.74) is 0. The molecule has 1 rings (SSSR count). The van der Waals surface area contributed by atoms with Crippen LogP contribution in [0.15, 0.2) is 22.5 Å². The Morgan fingerprint density at radius 1 is 1.31 bits per heavy atom. The second-order valence-corrected chi connectivity index (χ2v) is 17.9. The summed E-state index contributed by atoms with van der Waals surface area (Å²) < 4.78 is 13.1. The van der Waals surface area contributed by atoms with Crippen LogP contribution in [0.4, 0.5) is 0 Å². The van der Waals surface area contributed by atoms with Gasteiger partial charge in [0, 0.05) is 0 Å². The Hall–Kier alpha value is 0.661. The third-order valence-corrected chi connectivity index (χ3v) is 11.1. The van der Waals surface area contributed by atoms with Gasteiger partial charge in [0.1, 0.15) is 0 Å². The quantitative estimate of drug-likeness (QED) is 0.481. The largest absolute Gasteiger partial charge is 1.00 e. The van der Waals surface area contributed by atoms with Gasteiger partial charge in [-0.3, -0.25) is 0 Å². The maximum Gasteiger partial charge on any atom is -1.00 e. The van der Waals surface area contributed by atoms with Crippen molar-refractivity contribution in [2.24, 2.45) is 0 Å². The molecule has 0 fully saturated rings. The topological polar surface area (TPSA) is 17.1 Å². The average Bonchev–Trinajstić information content (AvgIpc) is 2.34. The first-order valence-corrected chi connectivity index (χ1v) is 10.7. The summed E-state index contributed by atoms with van der Waals surface area (Å²) in [5, 5.41) is 0. The van der Waals surface area contributed by atoms with Gasteiger partial charge in [-0.05, 0) is 0 Å². The van der Waals surface area contributed by atoms with Gasteiger partial charge in [-0.25, -0.2) is 0 Å². The van der Waals surface area contributed by atoms with E-state index in [1.807, 2.05) is 12.2 Å². The van der Waals surface area contributed by atoms with Crippen LogP contribution in [-0.4, -0.2) is 6.45 Å². The van der Waals surface area contributed by atoms with E-state index in [1.54, 1.807) is 0 Å². The predicted molar refractivity (Wildman–Crippen MR) is 45.9 cm³/mol. The number of halogens is 2. The fraction of sp³-hybridized carbons (Fsp3) is 0.500. The van der Waals surface area contributed by atoms with Crippen LogP contribution in [-0.2, 0) is 18.1 Å². The fourth-order valence-corrected chi connectivity index (χ4v) is 7.37. The van der Waals surface area contributed by atoms with Crippen molar-refractivity contribution in [3.8, 4) is 0 Å². The van der Waals surface area contributed by atoms with Gasteiger partial charge in [-0.1, -0.05) is 0 Å². The van der Waals surface area contributed by atoms with E-state index < -0.39 is 20.9 Å². The van der Waals surface area contributed by atoms with Crippen molar-refractivity contribution < 1.29 is 42.9 Å². The van der Waals surface area contributed by atoms with Crippen molar-refractivity contribution in [1.82, 2.24) is 0 Å². The van der Waals surface area contributed by atoms with E-state index in [9.17, 15) is 3.67 Å². The molecule has 0 bridgehead atoms. The monoisotopic (exact) mass is 275 g/mol. The van der Waals surface area contributed by atoms with E-state index in [0.717, 1.165) is 6.42 Å². The van der Waals surface area contributed by atoms with Crippen LogP contribution in [0, 0.1) is 0 Å². The van der Waals surface area contributed by atoms with Gasteiger partial charge in [0.2, 0.25) is 0 Å². The molecule has 0 aliphatic heterocycles. The minimum absolute atomic E-state index is 0. The van der Waals surface area contributed by atoms with Crippen LogP contribution >= 0.6 is 0 Å². The Kier molecular flexibility index (Phi) is 7.68. The van der Waals surface area contributed by atoms with E-state index in [4.69, 9.17) is 0 Å². The van der Waals surface area contributed by atoms with Gasteiger partial charge in [0.25, 0.3) is 0 Å². The van der Waals surface area contributed by atoms with Crippen molar-refractivity contribution >= 4 is 6.45 Å². The van der Waals surface area contributed by atoms with E-state index in [0.29, 0.717) is 0 Å². The summed E-state index contributed by atoms with van der Waals surface area (Å²) in [4.78, 5) is 0. The van der Waals surface area contributed by atoms with Gasteiger partial charge >= 0.3 is 73.1 Å². The van der Waals surface area contributed by atoms with Crippen molar-refractivity contribution in [1.29, 1.82) is 0 Å². The summed E-state index contributed by atoms with van der Waals surface area (Å²) >= 11 is -1.82. The molecule has 0 atom stereocenters. The minimum atomic E-state index is -1.82. The molecule has 1 nitrogen and oxygen atoms in total. The first-order chi connectivity index (χ1) is 5.02. The van der Waals surface area contributed by atoms with Crippen molar-refractivity contribution in [3.05, 3.63) is 22.5 Å². The van der Waals surface area contributed by atoms with Crippen LogP contribution in [0.1, 0.15) is 6.42 Å². The molecular formula is C8H14Cl2OSiV. The van der Waals surface area contributed by atoms with E-state index in [2.05, 4.69) is 25.7 Å². The maximum atomic E-state index is 11.8. The standard InChI is InChI=1S/C5H5.C3H9Si.2ClH.O.V/c1-2-4-5-3-1;1-4(2)3;;;;/h1-3H,4H2;1-3H3;2*1H;;/q;;;;;+2/p-2. The molecular weight excluding hydrogens is 262 g/mol. The molecule has 0 aromatic heterocycles. The molecule has 1 aliphatic carbocycles. The summed E-state index contributed by atoms with van der Waals surface area (Å²) in [7, 11) is 0. The van der Waals surface area contributed by atoms with Crippen molar-refractivity contribution in [3.63, 3.8) is 0 Å². The molecule has 5 heteroatoms. The Labute approximate surface area is 97.6 Å². The molecule has 0 amide bonds. The Bertz CT molecular complexity index is 243. The fourth-order valence-electron chi connectivity index (χ4n) is 1.02. The summed E-state index contributed by atoms with van der Waals surface area (Å²) in [6.45, 7) is 6.58. The minimum Gasteiger partial charge on any atom is -1.00 e. The number of hydrogen-bond acceptors (Lipinski definition) is 1. The molecule has 0 spiro atoms. The first kappa shape index (κ1) is 16.1. The molecule has 0 unspecified atom stereocenters. The van der Waals surface area contributed by atoms with Crippen molar-refractivity contribution in [2.75, 3.05) is 0 Å². The van der Waals surface area contributed by atoms with E-state index >= 15 is 0 Å². The smallest absolute Gasteiger partial charge is 1.00 e. The molecule has 75 valence electrons. The molecule has 0 saturated heterocycles. The van der Waals surface area contributed by atoms with Gasteiger partial charge < -0.3 is 24.8 Å². The predicted octanol–water partition coefficient (Wildman–Crippen LogP) is -3.36. The van der Waals surface area contributed by atoms with Crippen molar-refractivity contribution in [2.45, 2.75) is 26.1 Å². The van der Waals surface area contributed by atoms with Crippen LogP contribution in [0.3, 0.4) is 0 Å². The zero-order chi connectivity index (χ0) is 8.48. The zero-order valence-corrected chi connectivity index (χ0v) is 12.0. The molecule has 0 radical (unpaired) electrons. The molecule has 0 aromatic carbocycles. The van der Waals surface area contributed by atoms with Crippen LogP contribution < -0.4 is 24.8 Å². The molecule has 0 saturated carbocycles. The summed E-state index contributed by atoms with van der Waals surface area (Å²) in [6.07, 6.45) is 5.77. The number of allylic oxidation sites excluding steroid dienone is 4. The Balaban J connectivity index is 0. The normalized spacial score (nSPS) is 14.2. The molecule has 0 heterocycles. The maximum absolute atomic E-state index is 11.8. The number of rotatable bonds is 2. The zero-order valence-electron chi connectivity index (χ0n) is 8.05.